The summed E-state index contributed by atoms with van der Waals surface area (Å²) < 4.78 is 33.1. The Morgan fingerprint density at radius 3 is 2.34 bits per heavy atom. The molecule has 2 N–H and O–H groups in total. The fraction of sp³-hybridized carbons (Fsp3) is 0.370. The second kappa shape index (κ2) is 11.7. The van der Waals surface area contributed by atoms with Crippen LogP contribution in [0, 0.1) is 6.92 Å². The van der Waals surface area contributed by atoms with Gasteiger partial charge in [-0.3, -0.25) is 9.69 Å². The fourth-order valence-electron chi connectivity index (χ4n) is 4.27. The van der Waals surface area contributed by atoms with Crippen molar-refractivity contribution in [1.29, 1.82) is 0 Å². The zero-order chi connectivity index (χ0) is 24.7. The lowest BCUT2D eigenvalue weighted by atomic mass is 10.1. The van der Waals surface area contributed by atoms with E-state index >= 15 is 0 Å². The molecular formula is C27H33N3O4S. The Bertz CT molecular complexity index is 1210. The number of nitrogens with zero attached hydrogens (tertiary/aromatic N) is 1. The van der Waals surface area contributed by atoms with Crippen LogP contribution in [0.1, 0.15) is 58.5 Å². The minimum atomic E-state index is -3.79. The van der Waals surface area contributed by atoms with Crippen molar-refractivity contribution in [3.8, 4) is 0 Å². The topological polar surface area (TPSA) is 91.6 Å². The molecule has 0 saturated carbocycles. The molecule has 1 amide bonds. The Labute approximate surface area is 207 Å². The van der Waals surface area contributed by atoms with Gasteiger partial charge in [0, 0.05) is 18.7 Å². The number of nitrogens with one attached hydrogen (secondary N) is 2. The van der Waals surface area contributed by atoms with Gasteiger partial charge in [0.1, 0.15) is 5.76 Å². The monoisotopic (exact) mass is 495 g/mol. The molecule has 186 valence electrons. The highest BCUT2D eigenvalue weighted by Gasteiger charge is 2.18. The Balaban J connectivity index is 1.35. The molecule has 0 bridgehead atoms. The zero-order valence-electron chi connectivity index (χ0n) is 20.1. The number of benzene rings is 2. The molecule has 0 spiro atoms. The molecule has 0 radical (unpaired) electrons. The molecule has 1 aliphatic rings. The van der Waals surface area contributed by atoms with Gasteiger partial charge in [-0.15, -0.1) is 0 Å². The minimum absolute atomic E-state index is 0.0395. The van der Waals surface area contributed by atoms with Gasteiger partial charge >= 0.3 is 0 Å². The molecule has 3 aromatic rings. The maximum absolute atomic E-state index is 12.9. The molecule has 1 fully saturated rings. The average molecular weight is 496 g/mol. The second-order valence-electron chi connectivity index (χ2n) is 9.07. The summed E-state index contributed by atoms with van der Waals surface area (Å²) in [6.07, 6.45) is 6.68. The lowest BCUT2D eigenvalue weighted by Crippen LogP contribution is -2.26. The first-order valence-electron chi connectivity index (χ1n) is 12.1. The standard InChI is InChI=1S/C27H33N3O4S/c1-21-8-13-25(35(32,33)29-19-24-7-6-16-34-24)17-26(21)27(31)28-18-22-9-11-23(12-10-22)20-30-14-4-2-3-5-15-30/h6-13,16-17,29H,2-5,14-15,18-20H2,1H3,(H,28,31). The molecule has 0 unspecified atom stereocenters. The SMILES string of the molecule is Cc1ccc(S(=O)(=O)NCc2ccco2)cc1C(=O)NCc1ccc(CN2CCCCCC2)cc1. The fourth-order valence-corrected chi connectivity index (χ4v) is 5.29. The molecule has 0 atom stereocenters. The van der Waals surface area contributed by atoms with Crippen LogP contribution in [0.3, 0.4) is 0 Å². The van der Waals surface area contributed by atoms with Crippen molar-refractivity contribution in [3.63, 3.8) is 0 Å². The van der Waals surface area contributed by atoms with Gasteiger partial charge in [0.2, 0.25) is 10.0 Å². The maximum atomic E-state index is 12.9. The Morgan fingerprint density at radius 2 is 1.66 bits per heavy atom. The summed E-state index contributed by atoms with van der Waals surface area (Å²) in [5, 5.41) is 2.92. The molecule has 0 aliphatic carbocycles. The third-order valence-corrected chi connectivity index (χ3v) is 7.76. The van der Waals surface area contributed by atoms with E-state index in [2.05, 4.69) is 27.1 Å². The maximum Gasteiger partial charge on any atom is 0.251 e. The van der Waals surface area contributed by atoms with Crippen molar-refractivity contribution in [3.05, 3.63) is 88.9 Å². The number of hydrogen-bond acceptors (Lipinski definition) is 5. The van der Waals surface area contributed by atoms with Crippen molar-refractivity contribution in [1.82, 2.24) is 14.9 Å². The van der Waals surface area contributed by atoms with Gasteiger partial charge < -0.3 is 9.73 Å². The van der Waals surface area contributed by atoms with E-state index in [4.69, 9.17) is 4.42 Å². The normalized spacial score (nSPS) is 15.0. The van der Waals surface area contributed by atoms with Crippen molar-refractivity contribution < 1.29 is 17.6 Å². The van der Waals surface area contributed by atoms with E-state index in [1.807, 2.05) is 12.1 Å². The number of amides is 1. The van der Waals surface area contributed by atoms with Gasteiger partial charge in [-0.2, -0.15) is 0 Å². The first-order valence-corrected chi connectivity index (χ1v) is 13.6. The van der Waals surface area contributed by atoms with E-state index in [1.54, 1.807) is 25.1 Å². The van der Waals surface area contributed by atoms with Crippen molar-refractivity contribution >= 4 is 15.9 Å². The van der Waals surface area contributed by atoms with Crippen molar-refractivity contribution in [2.24, 2.45) is 0 Å². The van der Waals surface area contributed by atoms with E-state index in [9.17, 15) is 13.2 Å². The van der Waals surface area contributed by atoms with E-state index in [0.717, 1.165) is 25.2 Å². The molecule has 1 aliphatic heterocycles. The summed E-state index contributed by atoms with van der Waals surface area (Å²) in [5.74, 6) is 0.204. The summed E-state index contributed by atoms with van der Waals surface area (Å²) >= 11 is 0. The molecule has 7 nitrogen and oxygen atoms in total. The van der Waals surface area contributed by atoms with Crippen LogP contribution in [-0.4, -0.2) is 32.3 Å². The van der Waals surface area contributed by atoms with Crippen LogP contribution in [0.25, 0.3) is 0 Å². The highest BCUT2D eigenvalue weighted by Crippen LogP contribution is 2.17. The molecule has 35 heavy (non-hydrogen) atoms. The van der Waals surface area contributed by atoms with Crippen LogP contribution in [0.5, 0.6) is 0 Å². The number of sulfonamides is 1. The summed E-state index contributed by atoms with van der Waals surface area (Å²) in [6.45, 7) is 5.48. The quantitative estimate of drug-likeness (QED) is 0.460. The van der Waals surface area contributed by atoms with E-state index in [1.165, 1.54) is 49.6 Å². The Morgan fingerprint density at radius 1 is 0.943 bits per heavy atom. The summed E-state index contributed by atoms with van der Waals surface area (Å²) in [4.78, 5) is 15.4. The van der Waals surface area contributed by atoms with E-state index < -0.39 is 10.0 Å². The predicted octanol–water partition coefficient (Wildman–Crippen LogP) is 4.37. The number of carbonyl (C=O) groups excluding carboxylic acids is 1. The number of rotatable bonds is 9. The van der Waals surface area contributed by atoms with Crippen LogP contribution >= 0.6 is 0 Å². The number of aryl methyl sites for hydroxylation is 1. The number of carbonyl (C=O) groups is 1. The third-order valence-electron chi connectivity index (χ3n) is 6.36. The number of furan rings is 1. The molecule has 1 aromatic heterocycles. The molecule has 1 saturated heterocycles. The second-order valence-corrected chi connectivity index (χ2v) is 10.8. The predicted molar refractivity (Wildman–Crippen MR) is 135 cm³/mol. The number of hydrogen-bond donors (Lipinski definition) is 2. The summed E-state index contributed by atoms with van der Waals surface area (Å²) in [7, 11) is -3.79. The Kier molecular flexibility index (Phi) is 8.38. The lowest BCUT2D eigenvalue weighted by molar-refractivity contribution is 0.0950. The highest BCUT2D eigenvalue weighted by atomic mass is 32.2. The van der Waals surface area contributed by atoms with Gasteiger partial charge in [0.25, 0.3) is 5.91 Å². The van der Waals surface area contributed by atoms with Gasteiger partial charge in [0.15, 0.2) is 0 Å². The summed E-state index contributed by atoms with van der Waals surface area (Å²) in [5.41, 5.74) is 3.32. The molecule has 2 aromatic carbocycles. The lowest BCUT2D eigenvalue weighted by Gasteiger charge is -2.19. The van der Waals surface area contributed by atoms with Gasteiger partial charge in [-0.1, -0.05) is 43.2 Å². The molecule has 4 rings (SSSR count). The first-order chi connectivity index (χ1) is 16.9. The first kappa shape index (κ1) is 25.2. The van der Waals surface area contributed by atoms with Crippen LogP contribution in [0.4, 0.5) is 0 Å². The van der Waals surface area contributed by atoms with E-state index in [0.29, 0.717) is 23.4 Å². The van der Waals surface area contributed by atoms with Gasteiger partial charge in [-0.05, 0) is 73.8 Å². The van der Waals surface area contributed by atoms with Gasteiger partial charge in [0.05, 0.1) is 17.7 Å². The zero-order valence-corrected chi connectivity index (χ0v) is 20.9. The third kappa shape index (κ3) is 7.04. The van der Waals surface area contributed by atoms with Crippen LogP contribution in [0.2, 0.25) is 0 Å². The summed E-state index contributed by atoms with van der Waals surface area (Å²) in [6, 6.07) is 16.3. The molecule has 2 heterocycles. The molecule has 8 heteroatoms. The average Bonchev–Trinajstić information content (AvgIpc) is 3.25. The minimum Gasteiger partial charge on any atom is -0.468 e. The van der Waals surface area contributed by atoms with Gasteiger partial charge in [-0.25, -0.2) is 13.1 Å². The smallest absolute Gasteiger partial charge is 0.251 e. The van der Waals surface area contributed by atoms with Crippen molar-refractivity contribution in [2.45, 2.75) is 57.1 Å². The van der Waals surface area contributed by atoms with E-state index in [-0.39, 0.29) is 17.3 Å². The van der Waals surface area contributed by atoms with Crippen molar-refractivity contribution in [2.75, 3.05) is 13.1 Å². The van der Waals surface area contributed by atoms with Crippen LogP contribution in [0.15, 0.2) is 70.2 Å². The molecular weight excluding hydrogens is 462 g/mol. The number of likely N-dealkylation sites (tertiary alicyclic amines) is 1. The Hall–Kier alpha value is -2.94. The highest BCUT2D eigenvalue weighted by molar-refractivity contribution is 7.89. The van der Waals surface area contributed by atoms with Crippen LogP contribution < -0.4 is 10.0 Å². The van der Waals surface area contributed by atoms with Crippen LogP contribution in [-0.2, 0) is 29.7 Å². The largest absolute Gasteiger partial charge is 0.468 e.